The van der Waals surface area contributed by atoms with Crippen LogP contribution in [0.5, 0.6) is 0 Å². The molecule has 0 aliphatic carbocycles. The molecule has 0 fully saturated rings. The van der Waals surface area contributed by atoms with Crippen molar-refractivity contribution in [3.05, 3.63) is 33.8 Å². The lowest BCUT2D eigenvalue weighted by molar-refractivity contribution is -0.173. The van der Waals surface area contributed by atoms with Crippen LogP contribution in [-0.4, -0.2) is 23.7 Å². The summed E-state index contributed by atoms with van der Waals surface area (Å²) in [6.45, 7) is 1.63. The Morgan fingerprint density at radius 2 is 2.11 bits per heavy atom. The highest BCUT2D eigenvalue weighted by Crippen LogP contribution is 2.23. The van der Waals surface area contributed by atoms with Crippen LogP contribution in [0.25, 0.3) is 0 Å². The lowest BCUT2D eigenvalue weighted by Gasteiger charge is -2.13. The first-order chi connectivity index (χ1) is 8.71. The molecule has 3 nitrogen and oxygen atoms in total. The molecule has 0 heterocycles. The number of aryl methyl sites for hydroxylation is 1. The highest BCUT2D eigenvalue weighted by molar-refractivity contribution is 9.10. The van der Waals surface area contributed by atoms with Gasteiger partial charge in [-0.2, -0.15) is 13.2 Å². The van der Waals surface area contributed by atoms with Crippen LogP contribution < -0.4 is 5.32 Å². The minimum atomic E-state index is -4.89. The average molecular weight is 340 g/mol. The van der Waals surface area contributed by atoms with Crippen LogP contribution in [0.15, 0.2) is 22.7 Å². The first kappa shape index (κ1) is 16.0. The molecular weight excluding hydrogens is 327 g/mol. The zero-order chi connectivity index (χ0) is 14.6. The number of aliphatic hydroxyl groups excluding tert-OH is 1. The van der Waals surface area contributed by atoms with Crippen LogP contribution in [0.1, 0.15) is 23.7 Å². The van der Waals surface area contributed by atoms with Gasteiger partial charge in [-0.15, -0.1) is 0 Å². The maximum atomic E-state index is 11.9. The molecule has 0 saturated heterocycles. The molecule has 0 spiro atoms. The molecule has 1 rings (SSSR count). The molecule has 0 radical (unpaired) electrons. The van der Waals surface area contributed by atoms with Crippen molar-refractivity contribution in [3.8, 4) is 0 Å². The smallest absolute Gasteiger partial charge is 0.388 e. The molecular formula is C12H13BrF3NO2. The third-order valence-electron chi connectivity index (χ3n) is 2.54. The minimum Gasteiger partial charge on any atom is -0.388 e. The van der Waals surface area contributed by atoms with Crippen LogP contribution in [0.3, 0.4) is 0 Å². The molecule has 7 heteroatoms. The molecule has 0 saturated carbocycles. The number of hydrogen-bond donors (Lipinski definition) is 2. The van der Waals surface area contributed by atoms with Gasteiger partial charge < -0.3 is 10.4 Å². The third kappa shape index (κ3) is 4.83. The molecule has 1 aromatic rings. The summed E-state index contributed by atoms with van der Waals surface area (Å²) in [5, 5.41) is 11.5. The van der Waals surface area contributed by atoms with Gasteiger partial charge in [-0.1, -0.05) is 28.1 Å². The molecule has 1 unspecified atom stereocenters. The average Bonchev–Trinajstić information content (AvgIpc) is 2.31. The summed E-state index contributed by atoms with van der Waals surface area (Å²) in [6.07, 6.45) is -5.81. The first-order valence-electron chi connectivity index (χ1n) is 5.51. The Kier molecular flexibility index (Phi) is 5.37. The number of hydrogen-bond acceptors (Lipinski definition) is 2. The lowest BCUT2D eigenvalue weighted by atomic mass is 10.1. The topological polar surface area (TPSA) is 49.3 Å². The summed E-state index contributed by atoms with van der Waals surface area (Å²) in [6, 6.07) is 5.18. The normalized spacial score (nSPS) is 13.2. The molecule has 106 valence electrons. The number of nitrogens with one attached hydrogen (secondary N) is 1. The summed E-state index contributed by atoms with van der Waals surface area (Å²) in [5.74, 6) is -2.00. The van der Waals surface area contributed by atoms with Crippen molar-refractivity contribution in [2.45, 2.75) is 25.6 Å². The summed E-state index contributed by atoms with van der Waals surface area (Å²) in [4.78, 5) is 10.6. The van der Waals surface area contributed by atoms with E-state index in [1.54, 1.807) is 23.5 Å². The Morgan fingerprint density at radius 3 is 2.63 bits per heavy atom. The number of rotatable bonds is 4. The Bertz CT molecular complexity index is 463. The summed E-state index contributed by atoms with van der Waals surface area (Å²) in [5.41, 5.74) is 1.57. The van der Waals surface area contributed by atoms with E-state index in [-0.39, 0.29) is 13.0 Å². The first-order valence-corrected chi connectivity index (χ1v) is 6.30. The van der Waals surface area contributed by atoms with Gasteiger partial charge in [0.15, 0.2) is 0 Å². The van der Waals surface area contributed by atoms with Crippen molar-refractivity contribution in [1.82, 2.24) is 5.32 Å². The van der Waals surface area contributed by atoms with Gasteiger partial charge in [0.25, 0.3) is 0 Å². The fourth-order valence-corrected chi connectivity index (χ4v) is 1.80. The van der Waals surface area contributed by atoms with Crippen molar-refractivity contribution in [2.75, 3.05) is 6.54 Å². The van der Waals surface area contributed by atoms with E-state index < -0.39 is 18.2 Å². The molecule has 19 heavy (non-hydrogen) atoms. The quantitative estimate of drug-likeness (QED) is 0.886. The number of amides is 1. The van der Waals surface area contributed by atoms with Crippen LogP contribution in [0.2, 0.25) is 0 Å². The SMILES string of the molecule is Cc1ccc(C(O)CCNC(=O)C(F)(F)F)cc1Br. The van der Waals surface area contributed by atoms with E-state index in [0.717, 1.165) is 10.0 Å². The van der Waals surface area contributed by atoms with Crippen molar-refractivity contribution in [3.63, 3.8) is 0 Å². The molecule has 0 aliphatic heterocycles. The van der Waals surface area contributed by atoms with Gasteiger partial charge in [-0.05, 0) is 30.5 Å². The van der Waals surface area contributed by atoms with E-state index in [9.17, 15) is 23.1 Å². The molecule has 2 N–H and O–H groups in total. The van der Waals surface area contributed by atoms with Crippen LogP contribution in [0.4, 0.5) is 13.2 Å². The van der Waals surface area contributed by atoms with E-state index in [1.807, 2.05) is 6.92 Å². The second-order valence-electron chi connectivity index (χ2n) is 4.07. The number of benzene rings is 1. The standard InChI is InChI=1S/C12H13BrF3NO2/c1-7-2-3-8(6-9(7)13)10(18)4-5-17-11(19)12(14,15)16/h2-3,6,10,18H,4-5H2,1H3,(H,17,19). The Labute approximate surface area is 116 Å². The van der Waals surface area contributed by atoms with Gasteiger partial charge in [0.2, 0.25) is 0 Å². The van der Waals surface area contributed by atoms with Crippen LogP contribution in [-0.2, 0) is 4.79 Å². The van der Waals surface area contributed by atoms with Gasteiger partial charge >= 0.3 is 12.1 Å². The van der Waals surface area contributed by atoms with E-state index in [2.05, 4.69) is 15.9 Å². The maximum absolute atomic E-state index is 11.9. The van der Waals surface area contributed by atoms with Crippen LogP contribution in [0, 0.1) is 6.92 Å². The fraction of sp³-hybridized carbons (Fsp3) is 0.417. The Morgan fingerprint density at radius 1 is 1.47 bits per heavy atom. The van der Waals surface area contributed by atoms with Gasteiger partial charge in [0.1, 0.15) is 0 Å². The van der Waals surface area contributed by atoms with Crippen molar-refractivity contribution >= 4 is 21.8 Å². The molecule has 1 atom stereocenters. The number of carbonyl (C=O) groups is 1. The molecule has 0 aromatic heterocycles. The number of aliphatic hydroxyl groups is 1. The maximum Gasteiger partial charge on any atom is 0.471 e. The fourth-order valence-electron chi connectivity index (χ4n) is 1.41. The Balaban J connectivity index is 2.50. The number of halogens is 4. The second-order valence-corrected chi connectivity index (χ2v) is 4.92. The second kappa shape index (κ2) is 6.38. The summed E-state index contributed by atoms with van der Waals surface area (Å²) in [7, 11) is 0. The predicted octanol–water partition coefficient (Wildman–Crippen LogP) is 2.86. The number of alkyl halides is 3. The number of carbonyl (C=O) groups excluding carboxylic acids is 1. The van der Waals surface area contributed by atoms with Crippen molar-refractivity contribution in [1.29, 1.82) is 0 Å². The molecule has 1 aromatic carbocycles. The minimum absolute atomic E-state index is 0.0112. The zero-order valence-corrected chi connectivity index (χ0v) is 11.7. The zero-order valence-electron chi connectivity index (χ0n) is 10.1. The summed E-state index contributed by atoms with van der Waals surface area (Å²) >= 11 is 3.30. The van der Waals surface area contributed by atoms with E-state index in [0.29, 0.717) is 5.56 Å². The highest BCUT2D eigenvalue weighted by Gasteiger charge is 2.38. The van der Waals surface area contributed by atoms with E-state index in [4.69, 9.17) is 0 Å². The molecule has 1 amide bonds. The largest absolute Gasteiger partial charge is 0.471 e. The summed E-state index contributed by atoms with van der Waals surface area (Å²) < 4.78 is 36.5. The van der Waals surface area contributed by atoms with Crippen LogP contribution >= 0.6 is 15.9 Å². The predicted molar refractivity (Wildman–Crippen MR) is 67.5 cm³/mol. The van der Waals surface area contributed by atoms with Gasteiger partial charge in [-0.25, -0.2) is 0 Å². The van der Waals surface area contributed by atoms with E-state index >= 15 is 0 Å². The monoisotopic (exact) mass is 339 g/mol. The van der Waals surface area contributed by atoms with Crippen molar-refractivity contribution < 1.29 is 23.1 Å². The van der Waals surface area contributed by atoms with Crippen molar-refractivity contribution in [2.24, 2.45) is 0 Å². The molecule has 0 aliphatic rings. The molecule has 0 bridgehead atoms. The van der Waals surface area contributed by atoms with E-state index in [1.165, 1.54) is 0 Å². The third-order valence-corrected chi connectivity index (χ3v) is 3.40. The lowest BCUT2D eigenvalue weighted by Crippen LogP contribution is -2.37. The van der Waals surface area contributed by atoms with Gasteiger partial charge in [0.05, 0.1) is 6.10 Å². The van der Waals surface area contributed by atoms with Gasteiger partial charge in [0, 0.05) is 11.0 Å². The highest BCUT2D eigenvalue weighted by atomic mass is 79.9. The van der Waals surface area contributed by atoms with Gasteiger partial charge in [-0.3, -0.25) is 4.79 Å². The Hall–Kier alpha value is -1.08.